The molecule has 0 bridgehead atoms. The van der Waals surface area contributed by atoms with E-state index in [9.17, 15) is 19.2 Å². The number of methoxy groups -OCH3 is 1. The molecule has 0 aromatic heterocycles. The minimum absolute atomic E-state index is 0.0402. The predicted molar refractivity (Wildman–Crippen MR) is 98.0 cm³/mol. The summed E-state index contributed by atoms with van der Waals surface area (Å²) < 4.78 is 15.2. The summed E-state index contributed by atoms with van der Waals surface area (Å²) in [5, 5.41) is 2.42. The topological polar surface area (TPSA) is 108 Å². The Bertz CT molecular complexity index is 772. The van der Waals surface area contributed by atoms with Gasteiger partial charge in [0, 0.05) is 0 Å². The van der Waals surface area contributed by atoms with Crippen molar-refractivity contribution in [1.29, 1.82) is 0 Å². The number of nitrogens with one attached hydrogen (secondary N) is 1. The predicted octanol–water partition coefficient (Wildman–Crippen LogP) is 2.00. The number of ketones is 1. The van der Waals surface area contributed by atoms with Gasteiger partial charge in [0.1, 0.15) is 18.1 Å². The number of rotatable bonds is 6. The lowest BCUT2D eigenvalue weighted by Crippen LogP contribution is -2.65. The molecule has 1 aliphatic rings. The van der Waals surface area contributed by atoms with Gasteiger partial charge in [-0.25, -0.2) is 9.59 Å². The Morgan fingerprint density at radius 3 is 2.18 bits per heavy atom. The van der Waals surface area contributed by atoms with E-state index in [1.165, 1.54) is 13.8 Å². The van der Waals surface area contributed by atoms with Gasteiger partial charge in [0.05, 0.1) is 7.11 Å². The van der Waals surface area contributed by atoms with E-state index in [1.807, 2.05) is 6.07 Å². The number of esters is 1. The lowest BCUT2D eigenvalue weighted by molar-refractivity contribution is -0.161. The van der Waals surface area contributed by atoms with Crippen molar-refractivity contribution in [2.75, 3.05) is 7.11 Å². The summed E-state index contributed by atoms with van der Waals surface area (Å²) in [7, 11) is 1.10. The second-order valence-corrected chi connectivity index (χ2v) is 7.51. The highest BCUT2D eigenvalue weighted by Gasteiger charge is 2.68. The summed E-state index contributed by atoms with van der Waals surface area (Å²) in [4.78, 5) is 50.3. The second kappa shape index (κ2) is 8.00. The van der Waals surface area contributed by atoms with Crippen molar-refractivity contribution in [3.05, 3.63) is 35.9 Å². The minimum Gasteiger partial charge on any atom is -0.467 e. The third-order valence-corrected chi connectivity index (χ3v) is 4.77. The fourth-order valence-electron chi connectivity index (χ4n) is 3.19. The Labute approximate surface area is 163 Å². The fraction of sp³-hybridized carbons (Fsp3) is 0.500. The Hall–Kier alpha value is -2.90. The van der Waals surface area contributed by atoms with E-state index in [0.717, 1.165) is 12.7 Å². The van der Waals surface area contributed by atoms with Crippen LogP contribution in [0.15, 0.2) is 30.3 Å². The normalized spacial score (nSPS) is 21.8. The van der Waals surface area contributed by atoms with Crippen LogP contribution in [-0.4, -0.2) is 42.6 Å². The number of ether oxygens (including phenoxy) is 3. The van der Waals surface area contributed by atoms with Crippen molar-refractivity contribution in [3.63, 3.8) is 0 Å². The van der Waals surface area contributed by atoms with Gasteiger partial charge < -0.3 is 19.5 Å². The van der Waals surface area contributed by atoms with E-state index in [4.69, 9.17) is 14.2 Å². The molecule has 1 aliphatic heterocycles. The molecule has 152 valence electrons. The molecular weight excluding hydrogens is 366 g/mol. The highest BCUT2D eigenvalue weighted by Crippen LogP contribution is 2.38. The first-order valence-electron chi connectivity index (χ1n) is 8.90. The Balaban J connectivity index is 2.28. The van der Waals surface area contributed by atoms with Crippen LogP contribution in [0.2, 0.25) is 0 Å². The molecule has 2 atom stereocenters. The highest BCUT2D eigenvalue weighted by atomic mass is 16.7. The SMILES string of the molecule is COC(=O)[C@@]1([C@H](OC(=O)OCc2ccccc2)C(C)C)NC(=O)C(C)(C)C1=O. The van der Waals surface area contributed by atoms with E-state index in [1.54, 1.807) is 38.1 Å². The zero-order chi connectivity index (χ0) is 21.1. The van der Waals surface area contributed by atoms with Gasteiger partial charge in [-0.2, -0.15) is 0 Å². The van der Waals surface area contributed by atoms with Crippen molar-refractivity contribution in [2.24, 2.45) is 11.3 Å². The summed E-state index contributed by atoms with van der Waals surface area (Å²) in [5.74, 6) is -2.85. The molecule has 2 rings (SSSR count). The number of Topliss-reactive ketones (excluding diaryl/α,β-unsaturated/α-hetero) is 1. The van der Waals surface area contributed by atoms with Gasteiger partial charge >= 0.3 is 12.1 Å². The van der Waals surface area contributed by atoms with Gasteiger partial charge in [0.25, 0.3) is 0 Å². The maximum atomic E-state index is 13.1. The van der Waals surface area contributed by atoms with Crippen molar-refractivity contribution in [1.82, 2.24) is 5.32 Å². The van der Waals surface area contributed by atoms with E-state index >= 15 is 0 Å². The molecule has 1 N–H and O–H groups in total. The first-order chi connectivity index (χ1) is 13.1. The van der Waals surface area contributed by atoms with E-state index < -0.39 is 46.8 Å². The molecule has 0 radical (unpaired) electrons. The van der Waals surface area contributed by atoms with Gasteiger partial charge in [0.15, 0.2) is 5.78 Å². The largest absolute Gasteiger partial charge is 0.509 e. The minimum atomic E-state index is -2.13. The summed E-state index contributed by atoms with van der Waals surface area (Å²) >= 11 is 0. The van der Waals surface area contributed by atoms with Crippen LogP contribution in [0.1, 0.15) is 33.3 Å². The van der Waals surface area contributed by atoms with Gasteiger partial charge in [-0.3, -0.25) is 9.59 Å². The van der Waals surface area contributed by atoms with Crippen LogP contribution >= 0.6 is 0 Å². The molecule has 0 unspecified atom stereocenters. The van der Waals surface area contributed by atoms with Crippen LogP contribution in [0.4, 0.5) is 4.79 Å². The van der Waals surface area contributed by atoms with Crippen molar-refractivity contribution in [3.8, 4) is 0 Å². The molecule has 0 saturated carbocycles. The molecule has 0 aliphatic carbocycles. The van der Waals surface area contributed by atoms with Crippen LogP contribution in [-0.2, 0) is 35.2 Å². The standard InChI is InChI=1S/C20H25NO7/c1-12(2)14(28-18(25)27-11-13-9-7-6-8-10-13)20(17(24)26-5)15(22)19(3,4)16(23)21-20/h6-10,12,14H,11H2,1-5H3,(H,21,23)/t14-,20+/m1/s1. The number of hydrogen-bond donors (Lipinski definition) is 1. The van der Waals surface area contributed by atoms with Gasteiger partial charge in [-0.15, -0.1) is 0 Å². The summed E-state index contributed by atoms with van der Waals surface area (Å²) in [6.07, 6.45) is -2.36. The number of carbonyl (C=O) groups is 4. The first-order valence-corrected chi connectivity index (χ1v) is 8.90. The molecule has 28 heavy (non-hydrogen) atoms. The van der Waals surface area contributed by atoms with E-state index in [-0.39, 0.29) is 6.61 Å². The zero-order valence-electron chi connectivity index (χ0n) is 16.6. The van der Waals surface area contributed by atoms with Crippen LogP contribution in [0.25, 0.3) is 0 Å². The average molecular weight is 391 g/mol. The number of amides is 1. The summed E-state index contributed by atoms with van der Waals surface area (Å²) in [6, 6.07) is 8.95. The smallest absolute Gasteiger partial charge is 0.467 e. The Morgan fingerprint density at radius 2 is 1.71 bits per heavy atom. The molecule has 8 heteroatoms. The molecule has 1 amide bonds. The third-order valence-electron chi connectivity index (χ3n) is 4.77. The number of benzene rings is 1. The molecule has 1 heterocycles. The van der Waals surface area contributed by atoms with Crippen molar-refractivity contribution < 1.29 is 33.4 Å². The molecule has 0 spiro atoms. The third kappa shape index (κ3) is 3.72. The monoisotopic (exact) mass is 391 g/mol. The second-order valence-electron chi connectivity index (χ2n) is 7.51. The molecule has 1 saturated heterocycles. The first kappa shape index (κ1) is 21.4. The number of carbonyl (C=O) groups excluding carboxylic acids is 4. The number of hydrogen-bond acceptors (Lipinski definition) is 7. The van der Waals surface area contributed by atoms with Crippen molar-refractivity contribution in [2.45, 2.75) is 45.9 Å². The molecular formula is C20H25NO7. The summed E-state index contributed by atoms with van der Waals surface area (Å²) in [6.45, 7) is 6.08. The molecule has 1 fully saturated rings. The van der Waals surface area contributed by atoms with Crippen molar-refractivity contribution >= 4 is 23.8 Å². The van der Waals surface area contributed by atoms with Gasteiger partial charge in [-0.1, -0.05) is 44.2 Å². The molecule has 8 nitrogen and oxygen atoms in total. The maximum Gasteiger partial charge on any atom is 0.509 e. The summed E-state index contributed by atoms with van der Waals surface area (Å²) in [5.41, 5.74) is -2.86. The average Bonchev–Trinajstić information content (AvgIpc) is 2.85. The van der Waals surface area contributed by atoms with Gasteiger partial charge in [-0.05, 0) is 25.3 Å². The van der Waals surface area contributed by atoms with Crippen LogP contribution < -0.4 is 5.32 Å². The Kier molecular flexibility index (Phi) is 6.11. The quantitative estimate of drug-likeness (QED) is 0.584. The zero-order valence-corrected chi connectivity index (χ0v) is 16.6. The Morgan fingerprint density at radius 1 is 1.11 bits per heavy atom. The van der Waals surface area contributed by atoms with E-state index in [2.05, 4.69) is 5.32 Å². The van der Waals surface area contributed by atoms with Crippen LogP contribution in [0, 0.1) is 11.3 Å². The van der Waals surface area contributed by atoms with Crippen LogP contribution in [0.3, 0.4) is 0 Å². The molecule has 1 aromatic rings. The lowest BCUT2D eigenvalue weighted by Gasteiger charge is -2.35. The molecule has 1 aromatic carbocycles. The lowest BCUT2D eigenvalue weighted by atomic mass is 9.76. The van der Waals surface area contributed by atoms with Gasteiger partial charge in [0.2, 0.25) is 11.4 Å². The van der Waals surface area contributed by atoms with E-state index in [0.29, 0.717) is 0 Å². The fourth-order valence-corrected chi connectivity index (χ4v) is 3.19. The highest BCUT2D eigenvalue weighted by molar-refractivity contribution is 6.25. The van der Waals surface area contributed by atoms with Crippen LogP contribution in [0.5, 0.6) is 0 Å². The maximum absolute atomic E-state index is 13.1.